The van der Waals surface area contributed by atoms with Gasteiger partial charge in [0.05, 0.1) is 5.39 Å². The van der Waals surface area contributed by atoms with E-state index < -0.39 is 0 Å². The number of halogens is 1. The number of nitrogens with zero attached hydrogens (tertiary/aromatic N) is 2. The highest BCUT2D eigenvalue weighted by atomic mass is 35.5. The van der Waals surface area contributed by atoms with Gasteiger partial charge >= 0.3 is 0 Å². The Morgan fingerprint density at radius 1 is 1.07 bits per heavy atom. The highest BCUT2D eigenvalue weighted by molar-refractivity contribution is 7.19. The van der Waals surface area contributed by atoms with Crippen LogP contribution in [0.2, 0.25) is 0 Å². The molecule has 0 aliphatic heterocycles. The molecule has 1 unspecified atom stereocenters. The zero-order chi connectivity index (χ0) is 19.6. The van der Waals surface area contributed by atoms with Gasteiger partial charge in [0.2, 0.25) is 0 Å². The Hall–Kier alpha value is -2.63. The number of hydrogen-bond donors (Lipinski definition) is 1. The van der Waals surface area contributed by atoms with Gasteiger partial charge in [0.25, 0.3) is 0 Å². The second kappa shape index (κ2) is 9.02. The lowest BCUT2D eigenvalue weighted by Crippen LogP contribution is -2.09. The van der Waals surface area contributed by atoms with Gasteiger partial charge in [-0.1, -0.05) is 37.3 Å². The Kier molecular flexibility index (Phi) is 6.21. The van der Waals surface area contributed by atoms with Crippen molar-refractivity contribution in [2.24, 2.45) is 5.92 Å². The Bertz CT molecular complexity index is 1130. The van der Waals surface area contributed by atoms with Crippen LogP contribution < -0.4 is 10.1 Å². The van der Waals surface area contributed by atoms with Crippen molar-refractivity contribution in [2.45, 2.75) is 32.8 Å². The molecule has 0 radical (unpaired) electrons. The fourth-order valence-corrected chi connectivity index (χ4v) is 5.23. The minimum absolute atomic E-state index is 0. The topological polar surface area (TPSA) is 47.0 Å². The molecule has 4 aromatic rings. The van der Waals surface area contributed by atoms with Gasteiger partial charge in [-0.3, -0.25) is 0 Å². The summed E-state index contributed by atoms with van der Waals surface area (Å²) in [6.45, 7) is 2.90. The monoisotopic (exact) mass is 437 g/mol. The summed E-state index contributed by atoms with van der Waals surface area (Å²) >= 11 is 1.82. The molecule has 2 aromatic heterocycles. The molecule has 4 nitrogen and oxygen atoms in total. The van der Waals surface area contributed by atoms with Gasteiger partial charge in [-0.05, 0) is 60.6 Å². The largest absolute Gasteiger partial charge is 0.489 e. The molecule has 0 bridgehead atoms. The smallest absolute Gasteiger partial charge is 0.142 e. The number of ether oxygens (including phenoxy) is 1. The van der Waals surface area contributed by atoms with Crippen LogP contribution in [0, 0.1) is 5.92 Å². The van der Waals surface area contributed by atoms with Gasteiger partial charge in [0.1, 0.15) is 29.3 Å². The quantitative estimate of drug-likeness (QED) is 0.384. The maximum absolute atomic E-state index is 5.89. The first-order chi connectivity index (χ1) is 14.3. The predicted octanol–water partition coefficient (Wildman–Crippen LogP) is 6.56. The summed E-state index contributed by atoms with van der Waals surface area (Å²) < 4.78 is 5.89. The van der Waals surface area contributed by atoms with E-state index in [2.05, 4.69) is 34.3 Å². The van der Waals surface area contributed by atoms with Crippen LogP contribution in [0.1, 0.15) is 29.3 Å². The number of aryl methyl sites for hydroxylation is 1. The molecule has 0 saturated carbocycles. The molecule has 154 valence electrons. The number of hydrogen-bond acceptors (Lipinski definition) is 5. The SMILES string of the molecule is CC1CCc2c(sc3ncnc(Nc4ccc(OCc5ccccc5)cc4)c23)C1.Cl. The predicted molar refractivity (Wildman–Crippen MR) is 126 cm³/mol. The summed E-state index contributed by atoms with van der Waals surface area (Å²) in [4.78, 5) is 11.6. The van der Waals surface area contributed by atoms with Crippen molar-refractivity contribution in [3.05, 3.63) is 76.9 Å². The minimum Gasteiger partial charge on any atom is -0.489 e. The van der Waals surface area contributed by atoms with E-state index in [1.807, 2.05) is 53.8 Å². The average molecular weight is 438 g/mol. The summed E-state index contributed by atoms with van der Waals surface area (Å²) in [5, 5.41) is 4.69. The number of rotatable bonds is 5. The Labute approximate surface area is 186 Å². The molecule has 1 atom stereocenters. The molecule has 1 N–H and O–H groups in total. The summed E-state index contributed by atoms with van der Waals surface area (Å²) in [6, 6.07) is 18.3. The van der Waals surface area contributed by atoms with Crippen molar-refractivity contribution in [3.63, 3.8) is 0 Å². The Balaban J connectivity index is 0.00000218. The molecule has 1 aliphatic carbocycles. The molecular formula is C24H24ClN3OS. The van der Waals surface area contributed by atoms with E-state index in [1.54, 1.807) is 6.33 Å². The molecule has 0 amide bonds. The van der Waals surface area contributed by atoms with Gasteiger partial charge < -0.3 is 10.1 Å². The number of anilines is 2. The molecule has 2 aromatic carbocycles. The third-order valence-corrected chi connectivity index (χ3v) is 6.62. The number of aromatic nitrogens is 2. The molecule has 1 aliphatic rings. The summed E-state index contributed by atoms with van der Waals surface area (Å²) in [7, 11) is 0. The lowest BCUT2D eigenvalue weighted by atomic mass is 9.89. The van der Waals surface area contributed by atoms with Crippen molar-refractivity contribution in [1.82, 2.24) is 9.97 Å². The van der Waals surface area contributed by atoms with Crippen LogP contribution in [0.15, 0.2) is 60.9 Å². The van der Waals surface area contributed by atoms with E-state index in [4.69, 9.17) is 4.74 Å². The summed E-state index contributed by atoms with van der Waals surface area (Å²) in [5.41, 5.74) is 3.60. The van der Waals surface area contributed by atoms with E-state index >= 15 is 0 Å². The molecule has 0 spiro atoms. The Morgan fingerprint density at radius 3 is 2.67 bits per heavy atom. The third-order valence-electron chi connectivity index (χ3n) is 5.46. The maximum Gasteiger partial charge on any atom is 0.142 e. The molecular weight excluding hydrogens is 414 g/mol. The van der Waals surface area contributed by atoms with Crippen LogP contribution in [0.25, 0.3) is 10.2 Å². The zero-order valence-electron chi connectivity index (χ0n) is 16.8. The highest BCUT2D eigenvalue weighted by Crippen LogP contribution is 2.40. The van der Waals surface area contributed by atoms with Gasteiger partial charge in [-0.15, -0.1) is 23.7 Å². The van der Waals surface area contributed by atoms with E-state index in [0.717, 1.165) is 46.4 Å². The number of thiophene rings is 1. The average Bonchev–Trinajstić information content (AvgIpc) is 3.12. The molecule has 5 rings (SSSR count). The number of nitrogens with one attached hydrogen (secondary N) is 1. The van der Waals surface area contributed by atoms with Crippen LogP contribution >= 0.6 is 23.7 Å². The standard InChI is InChI=1S/C24H23N3OS.ClH/c1-16-7-12-20-21(13-16)29-24-22(20)23(25-15-26-24)27-18-8-10-19(11-9-18)28-14-17-5-3-2-4-6-17;/h2-6,8-11,15-16H,7,12-14H2,1H3,(H,25,26,27);1H. The fourth-order valence-electron chi connectivity index (χ4n) is 3.88. The van der Waals surface area contributed by atoms with Gasteiger partial charge in [0.15, 0.2) is 0 Å². The normalized spacial score (nSPS) is 15.3. The maximum atomic E-state index is 5.89. The highest BCUT2D eigenvalue weighted by Gasteiger charge is 2.23. The van der Waals surface area contributed by atoms with E-state index in [9.17, 15) is 0 Å². The van der Waals surface area contributed by atoms with E-state index in [-0.39, 0.29) is 12.4 Å². The van der Waals surface area contributed by atoms with Crippen molar-refractivity contribution in [1.29, 1.82) is 0 Å². The zero-order valence-corrected chi connectivity index (χ0v) is 18.4. The van der Waals surface area contributed by atoms with Crippen molar-refractivity contribution in [3.8, 4) is 5.75 Å². The van der Waals surface area contributed by atoms with Crippen LogP contribution in [0.4, 0.5) is 11.5 Å². The fraction of sp³-hybridized carbons (Fsp3) is 0.250. The van der Waals surface area contributed by atoms with Crippen molar-refractivity contribution < 1.29 is 4.74 Å². The van der Waals surface area contributed by atoms with E-state index in [1.165, 1.54) is 22.2 Å². The van der Waals surface area contributed by atoms with Crippen LogP contribution in [-0.2, 0) is 19.4 Å². The number of benzene rings is 2. The van der Waals surface area contributed by atoms with Crippen LogP contribution in [0.3, 0.4) is 0 Å². The number of fused-ring (bicyclic) bond motifs is 3. The molecule has 0 saturated heterocycles. The molecule has 30 heavy (non-hydrogen) atoms. The first kappa shape index (κ1) is 20.6. The van der Waals surface area contributed by atoms with E-state index in [0.29, 0.717) is 6.61 Å². The lowest BCUT2D eigenvalue weighted by Gasteiger charge is -2.18. The van der Waals surface area contributed by atoms with Gasteiger partial charge in [-0.2, -0.15) is 0 Å². The Morgan fingerprint density at radius 2 is 1.87 bits per heavy atom. The third kappa shape index (κ3) is 4.27. The summed E-state index contributed by atoms with van der Waals surface area (Å²) in [5.74, 6) is 2.51. The second-order valence-corrected chi connectivity index (χ2v) is 8.76. The van der Waals surface area contributed by atoms with Crippen molar-refractivity contribution in [2.75, 3.05) is 5.32 Å². The molecule has 6 heteroatoms. The minimum atomic E-state index is 0. The van der Waals surface area contributed by atoms with Crippen molar-refractivity contribution >= 4 is 45.5 Å². The molecule has 2 heterocycles. The van der Waals surface area contributed by atoms with Gasteiger partial charge in [-0.25, -0.2) is 9.97 Å². The first-order valence-corrected chi connectivity index (χ1v) is 10.9. The second-order valence-electron chi connectivity index (χ2n) is 7.68. The lowest BCUT2D eigenvalue weighted by molar-refractivity contribution is 0.306. The van der Waals surface area contributed by atoms with Crippen LogP contribution in [-0.4, -0.2) is 9.97 Å². The van der Waals surface area contributed by atoms with Gasteiger partial charge in [0, 0.05) is 10.6 Å². The molecule has 0 fully saturated rings. The first-order valence-electron chi connectivity index (χ1n) is 10.1. The van der Waals surface area contributed by atoms with Crippen LogP contribution in [0.5, 0.6) is 5.75 Å². The summed E-state index contributed by atoms with van der Waals surface area (Å²) in [6.07, 6.45) is 5.17.